The molecule has 0 unspecified atom stereocenters. The number of fused-ring (bicyclic) bond motifs is 4. The van der Waals surface area contributed by atoms with Crippen LogP contribution in [0.2, 0.25) is 0 Å². The Morgan fingerprint density at radius 2 is 1.51 bits per heavy atom. The van der Waals surface area contributed by atoms with Crippen LogP contribution in [0.25, 0.3) is 44.4 Å². The van der Waals surface area contributed by atoms with Gasteiger partial charge in [0.2, 0.25) is 17.7 Å². The molecule has 1 aliphatic heterocycles. The van der Waals surface area contributed by atoms with Crippen molar-refractivity contribution < 1.29 is 28.7 Å². The average Bonchev–Trinajstić information content (AvgIpc) is 3.99. The molecule has 4 N–H and O–H groups in total. The minimum atomic E-state index is -0.800. The van der Waals surface area contributed by atoms with Crippen LogP contribution in [-0.4, -0.2) is 93.5 Å². The van der Waals surface area contributed by atoms with Gasteiger partial charge in [-0.05, 0) is 89.6 Å². The Labute approximate surface area is 379 Å². The predicted molar refractivity (Wildman–Crippen MR) is 249 cm³/mol. The zero-order chi connectivity index (χ0) is 45.3. The first-order chi connectivity index (χ1) is 31.7. The molecular weight excluding hydrogens is 821 g/mol. The van der Waals surface area contributed by atoms with Gasteiger partial charge in [-0.25, -0.2) is 14.8 Å². The maximum Gasteiger partial charge on any atom is 0.407 e. The molecule has 338 valence electrons. The smallest absolute Gasteiger partial charge is 0.407 e. The third-order valence-electron chi connectivity index (χ3n) is 12.3. The Balaban J connectivity index is 0.941. The van der Waals surface area contributed by atoms with Crippen LogP contribution in [0, 0.1) is 5.92 Å². The predicted octanol–water partition coefficient (Wildman–Crippen LogP) is 7.89. The quantitative estimate of drug-likeness (QED) is 0.0716. The van der Waals surface area contributed by atoms with Crippen LogP contribution < -0.4 is 10.6 Å². The van der Waals surface area contributed by atoms with Gasteiger partial charge in [0.05, 0.1) is 37.8 Å². The molecule has 6 aromatic rings. The van der Waals surface area contributed by atoms with E-state index in [9.17, 15) is 19.2 Å². The van der Waals surface area contributed by atoms with Crippen LogP contribution in [0.1, 0.15) is 80.5 Å². The third-order valence-corrected chi connectivity index (χ3v) is 12.3. The topological polar surface area (TPSA) is 175 Å². The first-order valence-electron chi connectivity index (χ1n) is 22.8. The monoisotopic (exact) mass is 878 g/mol. The maximum absolute atomic E-state index is 14.3. The van der Waals surface area contributed by atoms with Gasteiger partial charge in [0.25, 0.3) is 0 Å². The van der Waals surface area contributed by atoms with E-state index in [1.165, 1.54) is 12.7 Å². The number of hydrogen-bond donors (Lipinski definition) is 4. The molecule has 0 radical (unpaired) electrons. The highest BCUT2D eigenvalue weighted by Crippen LogP contribution is 2.36. The minimum Gasteiger partial charge on any atom is -0.453 e. The summed E-state index contributed by atoms with van der Waals surface area (Å²) in [6, 6.07) is 28.1. The number of ether oxygens (including phenoxy) is 2. The molecule has 65 heavy (non-hydrogen) atoms. The molecular formula is C51H58N8O6. The molecule has 2 aliphatic rings. The van der Waals surface area contributed by atoms with Crippen molar-refractivity contribution in [1.29, 1.82) is 0 Å². The van der Waals surface area contributed by atoms with Crippen LogP contribution >= 0.6 is 0 Å². The zero-order valence-corrected chi connectivity index (χ0v) is 37.5. The molecule has 0 spiro atoms. The lowest BCUT2D eigenvalue weighted by Gasteiger charge is -2.28. The van der Waals surface area contributed by atoms with E-state index in [4.69, 9.17) is 14.7 Å². The van der Waals surface area contributed by atoms with E-state index in [0.29, 0.717) is 45.1 Å². The van der Waals surface area contributed by atoms with Crippen molar-refractivity contribution in [2.45, 2.75) is 77.9 Å². The standard InChI is InChI=1S/C51H58N8O6/c1-4-21-58(47(61)30-53-51(63)64-3)32-45-54-42-18-16-39-27-38(15-17-41(39)49(42)56-45)35-11-12-37-28-40(14-13-36(37)26-35)43-29-52-44(55-43)31-59(22-5-2)50(62)48(34-9-7-6-8-10-34)57-46(60)25-33-19-23-65-24-20-33/h6-15,17,26-29,33,48H,4-5,16,18-25,30-32H2,1-3H3,(H,52,55)(H,53,63)(H,54,56)(H,57,60)/t48-/m1/s1. The minimum absolute atomic E-state index is 0.123. The second-order valence-corrected chi connectivity index (χ2v) is 17.0. The van der Waals surface area contributed by atoms with Gasteiger partial charge in [-0.3, -0.25) is 14.4 Å². The number of methoxy groups -OCH3 is 1. The largest absolute Gasteiger partial charge is 0.453 e. The number of H-pyrrole nitrogens is 2. The van der Waals surface area contributed by atoms with Gasteiger partial charge in [-0.2, -0.15) is 0 Å². The van der Waals surface area contributed by atoms with E-state index in [1.54, 1.807) is 9.80 Å². The number of benzene rings is 4. The fourth-order valence-corrected chi connectivity index (χ4v) is 8.94. The average molecular weight is 879 g/mol. The summed E-state index contributed by atoms with van der Waals surface area (Å²) < 4.78 is 10.1. The Morgan fingerprint density at radius 3 is 2.26 bits per heavy atom. The molecule has 14 heteroatoms. The summed E-state index contributed by atoms with van der Waals surface area (Å²) in [5.41, 5.74) is 9.15. The van der Waals surface area contributed by atoms with Gasteiger partial charge in [-0.15, -0.1) is 0 Å². The number of carbonyl (C=O) groups is 4. The van der Waals surface area contributed by atoms with Crippen LogP contribution in [0.3, 0.4) is 0 Å². The molecule has 8 rings (SSSR count). The van der Waals surface area contributed by atoms with E-state index in [2.05, 4.69) is 79.9 Å². The number of nitrogens with zero attached hydrogens (tertiary/aromatic N) is 4. The summed E-state index contributed by atoms with van der Waals surface area (Å²) in [7, 11) is 1.27. The summed E-state index contributed by atoms with van der Waals surface area (Å²) in [4.78, 5) is 72.1. The normalized spacial score (nSPS) is 14.0. The van der Waals surface area contributed by atoms with Crippen LogP contribution in [0.15, 0.2) is 91.1 Å². The van der Waals surface area contributed by atoms with E-state index in [1.807, 2.05) is 50.4 Å². The number of alkyl carbamates (subject to hydrolysis) is 1. The van der Waals surface area contributed by atoms with Crippen molar-refractivity contribution in [3.05, 3.63) is 120 Å². The summed E-state index contributed by atoms with van der Waals surface area (Å²) in [5.74, 6) is 1.15. The van der Waals surface area contributed by atoms with E-state index in [0.717, 1.165) is 100 Å². The van der Waals surface area contributed by atoms with Crippen LogP contribution in [0.5, 0.6) is 0 Å². The lowest BCUT2D eigenvalue weighted by Crippen LogP contribution is -2.43. The Bertz CT molecular complexity index is 2630. The van der Waals surface area contributed by atoms with Crippen molar-refractivity contribution in [1.82, 2.24) is 40.4 Å². The third kappa shape index (κ3) is 10.8. The molecule has 3 heterocycles. The van der Waals surface area contributed by atoms with Crippen LogP contribution in [0.4, 0.5) is 4.79 Å². The van der Waals surface area contributed by atoms with Gasteiger partial charge in [0.1, 0.15) is 24.2 Å². The summed E-state index contributed by atoms with van der Waals surface area (Å²) in [5, 5.41) is 7.76. The zero-order valence-electron chi connectivity index (χ0n) is 37.5. The molecule has 1 saturated heterocycles. The van der Waals surface area contributed by atoms with Crippen LogP contribution in [-0.2, 0) is 49.8 Å². The molecule has 4 aromatic carbocycles. The number of aromatic nitrogens is 4. The number of amides is 4. The summed E-state index contributed by atoms with van der Waals surface area (Å²) in [6.07, 6.45) is 6.46. The SMILES string of the molecule is CCCN(Cc1nc2c([nH]1)CCc1cc(-c3ccc4cc(-c5cnc(CN(CCC)C(=O)[C@H](NC(=O)CC6CCOCC6)c6ccccc6)[nH]5)ccc4c3)ccc1-2)C(=O)CNC(=O)OC. The summed E-state index contributed by atoms with van der Waals surface area (Å²) in [6.45, 7) is 6.91. The van der Waals surface area contributed by atoms with Gasteiger partial charge >= 0.3 is 6.09 Å². The Morgan fingerprint density at radius 1 is 0.815 bits per heavy atom. The lowest BCUT2D eigenvalue weighted by molar-refractivity contribution is -0.137. The van der Waals surface area contributed by atoms with E-state index < -0.39 is 12.1 Å². The van der Waals surface area contributed by atoms with Crippen molar-refractivity contribution in [2.24, 2.45) is 5.92 Å². The van der Waals surface area contributed by atoms with Crippen molar-refractivity contribution in [2.75, 3.05) is 40.0 Å². The van der Waals surface area contributed by atoms with Crippen molar-refractivity contribution >= 4 is 34.6 Å². The number of hydrogen-bond acceptors (Lipinski definition) is 8. The number of imidazole rings is 2. The van der Waals surface area contributed by atoms with E-state index in [-0.39, 0.29) is 36.7 Å². The number of rotatable bonds is 17. The molecule has 1 aliphatic carbocycles. The second-order valence-electron chi connectivity index (χ2n) is 17.0. The van der Waals surface area contributed by atoms with E-state index >= 15 is 0 Å². The number of nitrogens with one attached hydrogen (secondary N) is 4. The number of aryl methyl sites for hydroxylation is 2. The second kappa shape index (κ2) is 20.8. The maximum atomic E-state index is 14.3. The number of aromatic amines is 2. The molecule has 14 nitrogen and oxygen atoms in total. The van der Waals surface area contributed by atoms with Gasteiger partial charge in [0, 0.05) is 49.5 Å². The number of carbonyl (C=O) groups excluding carboxylic acids is 4. The molecule has 4 amide bonds. The highest BCUT2D eigenvalue weighted by molar-refractivity contribution is 5.91. The van der Waals surface area contributed by atoms with Gasteiger partial charge in [0.15, 0.2) is 0 Å². The fraction of sp³-hybridized carbons (Fsp3) is 0.373. The first kappa shape index (κ1) is 44.8. The lowest BCUT2D eigenvalue weighted by atomic mass is 9.89. The first-order valence-corrected chi connectivity index (χ1v) is 22.8. The summed E-state index contributed by atoms with van der Waals surface area (Å²) >= 11 is 0. The van der Waals surface area contributed by atoms with Crippen molar-refractivity contribution in [3.8, 4) is 33.6 Å². The molecule has 1 fully saturated rings. The Kier molecular flexibility index (Phi) is 14.3. The molecule has 0 saturated carbocycles. The van der Waals surface area contributed by atoms with Gasteiger partial charge in [-0.1, -0.05) is 86.6 Å². The Hall–Kier alpha value is -6.80. The molecule has 1 atom stereocenters. The molecule has 2 aromatic heterocycles. The van der Waals surface area contributed by atoms with Gasteiger partial charge < -0.3 is 39.9 Å². The fourth-order valence-electron chi connectivity index (χ4n) is 8.94. The highest BCUT2D eigenvalue weighted by atomic mass is 16.5. The van der Waals surface area contributed by atoms with Crippen molar-refractivity contribution in [3.63, 3.8) is 0 Å². The molecule has 0 bridgehead atoms. The highest BCUT2D eigenvalue weighted by Gasteiger charge is 2.29.